The Bertz CT molecular complexity index is 419. The van der Waals surface area contributed by atoms with Gasteiger partial charge in [-0.05, 0) is 38.7 Å². The van der Waals surface area contributed by atoms with Gasteiger partial charge in [0.05, 0.1) is 11.7 Å². The van der Waals surface area contributed by atoms with Crippen LogP contribution in [0.2, 0.25) is 0 Å². The number of nitrogens with zero attached hydrogens (tertiary/aromatic N) is 3. The monoisotopic (exact) mass is 247 g/mol. The van der Waals surface area contributed by atoms with Crippen LogP contribution >= 0.6 is 0 Å². The molecule has 1 fully saturated rings. The molecule has 2 rings (SSSR count). The predicted octanol–water partition coefficient (Wildman–Crippen LogP) is 2.64. The molecule has 1 aromatic rings. The molecule has 0 bridgehead atoms. The molecular weight excluding hydrogens is 226 g/mol. The van der Waals surface area contributed by atoms with Crippen molar-refractivity contribution in [3.05, 3.63) is 23.8 Å². The first-order valence-corrected chi connectivity index (χ1v) is 6.81. The summed E-state index contributed by atoms with van der Waals surface area (Å²) < 4.78 is 0. The molecule has 18 heavy (non-hydrogen) atoms. The maximum atomic E-state index is 12.1. The fraction of sp³-hybridized carbons (Fsp3) is 0.643. The summed E-state index contributed by atoms with van der Waals surface area (Å²) in [6, 6.07) is 2.09. The van der Waals surface area contributed by atoms with E-state index < -0.39 is 0 Å². The van der Waals surface area contributed by atoms with Crippen LogP contribution in [0.1, 0.15) is 56.6 Å². The Balaban J connectivity index is 2.20. The molecule has 1 aliphatic heterocycles. The molecule has 0 radical (unpaired) electrons. The molecule has 0 spiro atoms. The third-order valence-corrected chi connectivity index (χ3v) is 3.43. The number of hydrogen-bond acceptors (Lipinski definition) is 3. The maximum absolute atomic E-state index is 12.1. The zero-order valence-corrected chi connectivity index (χ0v) is 11.2. The van der Waals surface area contributed by atoms with Gasteiger partial charge in [0.1, 0.15) is 5.82 Å². The van der Waals surface area contributed by atoms with Gasteiger partial charge in [0.2, 0.25) is 5.91 Å². The molecule has 2 heterocycles. The Hall–Kier alpha value is -1.45. The molecule has 0 aliphatic carbocycles. The van der Waals surface area contributed by atoms with Crippen molar-refractivity contribution in [1.29, 1.82) is 0 Å². The minimum atomic E-state index is 0.152. The lowest BCUT2D eigenvalue weighted by atomic mass is 9.98. The summed E-state index contributed by atoms with van der Waals surface area (Å²) in [5, 5.41) is 0. The largest absolute Gasteiger partial charge is 0.334 e. The molecule has 1 atom stereocenters. The first kappa shape index (κ1) is 13.0. The van der Waals surface area contributed by atoms with E-state index >= 15 is 0 Å². The van der Waals surface area contributed by atoms with E-state index in [1.165, 1.54) is 6.42 Å². The SMILES string of the molecule is CCCC(=O)N1CCCCC1c1ccnc(C)n1. The molecule has 0 aromatic carbocycles. The molecule has 4 heteroatoms. The minimum Gasteiger partial charge on any atom is -0.334 e. The van der Waals surface area contributed by atoms with Crippen LogP contribution in [0.5, 0.6) is 0 Å². The van der Waals surface area contributed by atoms with Gasteiger partial charge in [-0.15, -0.1) is 0 Å². The summed E-state index contributed by atoms with van der Waals surface area (Å²) in [7, 11) is 0. The van der Waals surface area contributed by atoms with Crippen LogP contribution in [0, 0.1) is 6.92 Å². The molecule has 4 nitrogen and oxygen atoms in total. The third-order valence-electron chi connectivity index (χ3n) is 3.43. The summed E-state index contributed by atoms with van der Waals surface area (Å²) in [6.07, 6.45) is 6.63. The smallest absolute Gasteiger partial charge is 0.223 e. The van der Waals surface area contributed by atoms with Crippen molar-refractivity contribution >= 4 is 5.91 Å². The van der Waals surface area contributed by atoms with Crippen molar-refractivity contribution < 1.29 is 4.79 Å². The number of hydrogen-bond donors (Lipinski definition) is 0. The Kier molecular flexibility index (Phi) is 4.28. The summed E-state index contributed by atoms with van der Waals surface area (Å²) in [4.78, 5) is 22.8. The van der Waals surface area contributed by atoms with Crippen LogP contribution in [0.4, 0.5) is 0 Å². The van der Waals surface area contributed by atoms with Crippen molar-refractivity contribution in [3.8, 4) is 0 Å². The summed E-state index contributed by atoms with van der Waals surface area (Å²) in [5.41, 5.74) is 0.992. The summed E-state index contributed by atoms with van der Waals surface area (Å²) in [6.45, 7) is 4.81. The van der Waals surface area contributed by atoms with Crippen LogP contribution in [-0.4, -0.2) is 27.3 Å². The van der Waals surface area contributed by atoms with Crippen molar-refractivity contribution in [2.24, 2.45) is 0 Å². The van der Waals surface area contributed by atoms with Crippen molar-refractivity contribution in [2.45, 2.75) is 52.0 Å². The highest BCUT2D eigenvalue weighted by molar-refractivity contribution is 5.76. The number of carbonyl (C=O) groups is 1. The van der Waals surface area contributed by atoms with Crippen LogP contribution in [-0.2, 0) is 4.79 Å². The van der Waals surface area contributed by atoms with E-state index in [4.69, 9.17) is 0 Å². The molecular formula is C14H21N3O. The lowest BCUT2D eigenvalue weighted by molar-refractivity contribution is -0.135. The van der Waals surface area contributed by atoms with Gasteiger partial charge in [0.25, 0.3) is 0 Å². The zero-order valence-electron chi connectivity index (χ0n) is 11.2. The Morgan fingerprint density at radius 1 is 1.50 bits per heavy atom. The van der Waals surface area contributed by atoms with E-state index in [1.54, 1.807) is 6.20 Å². The van der Waals surface area contributed by atoms with E-state index in [-0.39, 0.29) is 11.9 Å². The predicted molar refractivity (Wildman–Crippen MR) is 70.0 cm³/mol. The van der Waals surface area contributed by atoms with E-state index in [0.29, 0.717) is 6.42 Å². The van der Waals surface area contributed by atoms with Gasteiger partial charge in [-0.1, -0.05) is 6.92 Å². The van der Waals surface area contributed by atoms with E-state index in [1.807, 2.05) is 24.8 Å². The van der Waals surface area contributed by atoms with Crippen molar-refractivity contribution in [1.82, 2.24) is 14.9 Å². The van der Waals surface area contributed by atoms with Gasteiger partial charge < -0.3 is 4.90 Å². The lowest BCUT2D eigenvalue weighted by Crippen LogP contribution is -2.38. The van der Waals surface area contributed by atoms with Gasteiger partial charge in [0.15, 0.2) is 0 Å². The molecule has 1 aliphatic rings. The van der Waals surface area contributed by atoms with Gasteiger partial charge >= 0.3 is 0 Å². The second kappa shape index (κ2) is 5.94. The standard InChI is InChI=1S/C14H21N3O/c1-3-6-14(18)17-10-5-4-7-13(17)12-8-9-15-11(2)16-12/h8-9,13H,3-7,10H2,1-2H3. The van der Waals surface area contributed by atoms with Crippen LogP contribution < -0.4 is 0 Å². The normalized spacial score (nSPS) is 19.9. The van der Waals surface area contributed by atoms with E-state index in [2.05, 4.69) is 9.97 Å². The van der Waals surface area contributed by atoms with Crippen molar-refractivity contribution in [2.75, 3.05) is 6.54 Å². The van der Waals surface area contributed by atoms with Gasteiger partial charge in [-0.25, -0.2) is 9.97 Å². The number of aryl methyl sites for hydroxylation is 1. The fourth-order valence-corrected chi connectivity index (χ4v) is 2.56. The van der Waals surface area contributed by atoms with Crippen LogP contribution in [0.3, 0.4) is 0 Å². The number of rotatable bonds is 3. The molecule has 98 valence electrons. The second-order valence-electron chi connectivity index (χ2n) is 4.88. The number of piperidine rings is 1. The van der Waals surface area contributed by atoms with E-state index in [0.717, 1.165) is 37.3 Å². The Morgan fingerprint density at radius 2 is 2.33 bits per heavy atom. The van der Waals surface area contributed by atoms with Crippen LogP contribution in [0.25, 0.3) is 0 Å². The van der Waals surface area contributed by atoms with Gasteiger partial charge in [-0.2, -0.15) is 0 Å². The average Bonchev–Trinajstić information content (AvgIpc) is 2.39. The molecule has 1 unspecified atom stereocenters. The van der Waals surface area contributed by atoms with Crippen LogP contribution in [0.15, 0.2) is 12.3 Å². The Labute approximate surface area is 108 Å². The van der Waals surface area contributed by atoms with E-state index in [9.17, 15) is 4.79 Å². The number of aromatic nitrogens is 2. The molecule has 1 aromatic heterocycles. The molecule has 0 saturated carbocycles. The van der Waals surface area contributed by atoms with Crippen molar-refractivity contribution in [3.63, 3.8) is 0 Å². The Morgan fingerprint density at radius 3 is 3.06 bits per heavy atom. The maximum Gasteiger partial charge on any atom is 0.223 e. The fourth-order valence-electron chi connectivity index (χ4n) is 2.56. The quantitative estimate of drug-likeness (QED) is 0.825. The number of likely N-dealkylation sites (tertiary alicyclic amines) is 1. The minimum absolute atomic E-state index is 0.152. The van der Waals surface area contributed by atoms with Gasteiger partial charge in [0, 0.05) is 19.2 Å². The first-order chi connectivity index (χ1) is 8.72. The summed E-state index contributed by atoms with van der Waals surface area (Å²) >= 11 is 0. The number of carbonyl (C=O) groups excluding carboxylic acids is 1. The lowest BCUT2D eigenvalue weighted by Gasteiger charge is -2.35. The highest BCUT2D eigenvalue weighted by Crippen LogP contribution is 2.30. The zero-order chi connectivity index (χ0) is 13.0. The molecule has 1 amide bonds. The average molecular weight is 247 g/mol. The highest BCUT2D eigenvalue weighted by Gasteiger charge is 2.28. The highest BCUT2D eigenvalue weighted by atomic mass is 16.2. The molecule has 1 saturated heterocycles. The topological polar surface area (TPSA) is 46.1 Å². The van der Waals surface area contributed by atoms with Gasteiger partial charge in [-0.3, -0.25) is 4.79 Å². The first-order valence-electron chi connectivity index (χ1n) is 6.81. The summed E-state index contributed by atoms with van der Waals surface area (Å²) in [5.74, 6) is 1.04. The number of amides is 1. The second-order valence-corrected chi connectivity index (χ2v) is 4.88. The molecule has 0 N–H and O–H groups in total. The third kappa shape index (κ3) is 2.86.